The van der Waals surface area contributed by atoms with E-state index < -0.39 is 0 Å². The molecule has 0 radical (unpaired) electrons. The van der Waals surface area contributed by atoms with Crippen molar-refractivity contribution in [1.82, 2.24) is 20.2 Å². The highest BCUT2D eigenvalue weighted by Crippen LogP contribution is 2.34. The summed E-state index contributed by atoms with van der Waals surface area (Å²) in [6.45, 7) is 2.01. The topological polar surface area (TPSA) is 90.6 Å². The summed E-state index contributed by atoms with van der Waals surface area (Å²) >= 11 is 1.28. The Morgan fingerprint density at radius 2 is 1.80 bits per heavy atom. The van der Waals surface area contributed by atoms with Gasteiger partial charge in [-0.25, -0.2) is 5.43 Å². The molecule has 1 heterocycles. The van der Waals surface area contributed by atoms with Gasteiger partial charge in [0, 0.05) is 11.3 Å². The zero-order valence-electron chi connectivity index (χ0n) is 19.6. The van der Waals surface area contributed by atoms with E-state index in [4.69, 9.17) is 9.47 Å². The fraction of sp³-hybridized carbons (Fsp3) is 0.154. The van der Waals surface area contributed by atoms with Gasteiger partial charge in [0.05, 0.1) is 26.2 Å². The van der Waals surface area contributed by atoms with Gasteiger partial charge in [-0.3, -0.25) is 9.36 Å². The van der Waals surface area contributed by atoms with Crippen molar-refractivity contribution in [2.24, 2.45) is 5.10 Å². The molecule has 1 amide bonds. The number of amides is 1. The van der Waals surface area contributed by atoms with Gasteiger partial charge in [0.15, 0.2) is 22.5 Å². The molecule has 0 fully saturated rings. The molecule has 0 atom stereocenters. The predicted octanol–water partition coefficient (Wildman–Crippen LogP) is 4.50. The number of hydrogen-bond acceptors (Lipinski definition) is 7. The van der Waals surface area contributed by atoms with Gasteiger partial charge in [-0.15, -0.1) is 10.2 Å². The second-order valence-electron chi connectivity index (χ2n) is 7.54. The highest BCUT2D eigenvalue weighted by Gasteiger charge is 2.18. The van der Waals surface area contributed by atoms with E-state index in [-0.39, 0.29) is 11.7 Å². The summed E-state index contributed by atoms with van der Waals surface area (Å²) in [5.41, 5.74) is 6.29. The van der Waals surface area contributed by atoms with Crippen LogP contribution in [0.25, 0.3) is 17.1 Å². The van der Waals surface area contributed by atoms with Crippen molar-refractivity contribution in [2.45, 2.75) is 12.1 Å². The number of carbonyl (C=O) groups excluding carboxylic acids is 1. The van der Waals surface area contributed by atoms with E-state index in [0.717, 1.165) is 22.4 Å². The van der Waals surface area contributed by atoms with Crippen LogP contribution in [-0.2, 0) is 4.79 Å². The molecule has 0 aliphatic rings. The Kier molecular flexibility index (Phi) is 7.79. The van der Waals surface area contributed by atoms with Gasteiger partial charge >= 0.3 is 0 Å². The van der Waals surface area contributed by atoms with Crippen LogP contribution in [-0.4, -0.2) is 46.9 Å². The zero-order valence-corrected chi connectivity index (χ0v) is 20.5. The third-order valence-electron chi connectivity index (χ3n) is 5.07. The molecular weight excluding hydrogens is 462 g/mol. The van der Waals surface area contributed by atoms with E-state index in [9.17, 15) is 4.79 Å². The van der Waals surface area contributed by atoms with E-state index in [1.165, 1.54) is 11.8 Å². The molecule has 0 aliphatic carbocycles. The summed E-state index contributed by atoms with van der Waals surface area (Å²) in [7, 11) is 3.18. The molecule has 0 spiro atoms. The number of thioether (sulfide) groups is 1. The van der Waals surface area contributed by atoms with Crippen LogP contribution >= 0.6 is 11.8 Å². The molecule has 9 heteroatoms. The van der Waals surface area contributed by atoms with E-state index in [0.29, 0.717) is 22.5 Å². The number of methoxy groups -OCH3 is 2. The Labute approximate surface area is 208 Å². The largest absolute Gasteiger partial charge is 0.493 e. The molecule has 8 nitrogen and oxygen atoms in total. The maximum absolute atomic E-state index is 12.4. The fourth-order valence-electron chi connectivity index (χ4n) is 3.43. The zero-order chi connectivity index (χ0) is 24.6. The Morgan fingerprint density at radius 3 is 2.54 bits per heavy atom. The van der Waals surface area contributed by atoms with Crippen molar-refractivity contribution in [3.8, 4) is 28.6 Å². The molecule has 1 aromatic heterocycles. The van der Waals surface area contributed by atoms with Crippen LogP contribution in [0.15, 0.2) is 83.1 Å². The Hall–Kier alpha value is -4.11. The normalized spacial score (nSPS) is 10.9. The number of carbonyl (C=O) groups is 1. The molecule has 0 saturated carbocycles. The first-order valence-electron chi connectivity index (χ1n) is 10.8. The number of nitrogens with zero attached hydrogens (tertiary/aromatic N) is 4. The van der Waals surface area contributed by atoms with Crippen LogP contribution < -0.4 is 14.9 Å². The van der Waals surface area contributed by atoms with Crippen LogP contribution in [0, 0.1) is 6.92 Å². The maximum Gasteiger partial charge on any atom is 0.250 e. The first-order valence-corrected chi connectivity index (χ1v) is 11.8. The summed E-state index contributed by atoms with van der Waals surface area (Å²) in [4.78, 5) is 12.4. The summed E-state index contributed by atoms with van der Waals surface area (Å²) in [6.07, 6.45) is 1.62. The van der Waals surface area contributed by atoms with Crippen molar-refractivity contribution >= 4 is 23.9 Å². The first kappa shape index (κ1) is 24.0. The van der Waals surface area contributed by atoms with Gasteiger partial charge in [-0.05, 0) is 42.8 Å². The number of rotatable bonds is 9. The average molecular weight is 488 g/mol. The van der Waals surface area contributed by atoms with Gasteiger partial charge in [0.25, 0.3) is 5.91 Å². The van der Waals surface area contributed by atoms with Crippen LogP contribution in [0.2, 0.25) is 0 Å². The third-order valence-corrected chi connectivity index (χ3v) is 6.00. The number of hydrazone groups is 1. The smallest absolute Gasteiger partial charge is 0.250 e. The fourth-order valence-corrected chi connectivity index (χ4v) is 4.17. The molecule has 1 N–H and O–H groups in total. The van der Waals surface area contributed by atoms with Crippen molar-refractivity contribution < 1.29 is 14.3 Å². The molecule has 3 aromatic carbocycles. The van der Waals surface area contributed by atoms with E-state index in [1.807, 2.05) is 84.3 Å². The minimum Gasteiger partial charge on any atom is -0.493 e. The van der Waals surface area contributed by atoms with Crippen molar-refractivity contribution in [2.75, 3.05) is 20.0 Å². The number of aromatic nitrogens is 3. The van der Waals surface area contributed by atoms with Crippen LogP contribution in [0.1, 0.15) is 11.1 Å². The SMILES string of the molecule is COc1ccc(-c2nnc(SCC(=O)N/N=C\c3cccc(C)c3)n2-c2ccccc2)cc1OC. The van der Waals surface area contributed by atoms with E-state index in [1.54, 1.807) is 20.4 Å². The summed E-state index contributed by atoms with van der Waals surface area (Å²) in [5, 5.41) is 13.4. The van der Waals surface area contributed by atoms with E-state index >= 15 is 0 Å². The van der Waals surface area contributed by atoms with Crippen LogP contribution in [0.4, 0.5) is 0 Å². The lowest BCUT2D eigenvalue weighted by molar-refractivity contribution is -0.118. The Morgan fingerprint density at radius 1 is 1.00 bits per heavy atom. The molecule has 0 aliphatic heterocycles. The van der Waals surface area contributed by atoms with Gasteiger partial charge in [-0.2, -0.15) is 5.10 Å². The average Bonchev–Trinajstić information content (AvgIpc) is 3.31. The number of ether oxygens (including phenoxy) is 2. The number of aryl methyl sites for hydroxylation is 1. The summed E-state index contributed by atoms with van der Waals surface area (Å²) < 4.78 is 12.7. The quantitative estimate of drug-likeness (QED) is 0.212. The number of benzene rings is 3. The van der Waals surface area contributed by atoms with Gasteiger partial charge in [0.2, 0.25) is 0 Å². The molecule has 4 rings (SSSR count). The van der Waals surface area contributed by atoms with Crippen molar-refractivity contribution in [3.05, 3.63) is 83.9 Å². The summed E-state index contributed by atoms with van der Waals surface area (Å²) in [6, 6.07) is 23.2. The Balaban J connectivity index is 1.54. The third kappa shape index (κ3) is 5.88. The van der Waals surface area contributed by atoms with Crippen molar-refractivity contribution in [3.63, 3.8) is 0 Å². The molecule has 0 saturated heterocycles. The highest BCUT2D eigenvalue weighted by atomic mass is 32.2. The predicted molar refractivity (Wildman–Crippen MR) is 138 cm³/mol. The minimum absolute atomic E-state index is 0.127. The standard InChI is InChI=1S/C26H25N5O3S/c1-18-8-7-9-19(14-18)16-27-28-24(32)17-35-26-30-29-25(31(26)21-10-5-4-6-11-21)20-12-13-22(33-2)23(15-20)34-3/h4-16H,17H2,1-3H3,(H,28,32)/b27-16-. The molecule has 0 unspecified atom stereocenters. The number of hydrogen-bond donors (Lipinski definition) is 1. The molecule has 178 valence electrons. The molecule has 4 aromatic rings. The van der Waals surface area contributed by atoms with Gasteiger partial charge in [-0.1, -0.05) is 59.8 Å². The number of nitrogens with one attached hydrogen (secondary N) is 1. The Bertz CT molecular complexity index is 1340. The summed E-state index contributed by atoms with van der Waals surface area (Å²) in [5.74, 6) is 1.72. The molecule has 35 heavy (non-hydrogen) atoms. The lowest BCUT2D eigenvalue weighted by Crippen LogP contribution is -2.20. The van der Waals surface area contributed by atoms with Gasteiger partial charge in [0.1, 0.15) is 0 Å². The minimum atomic E-state index is -0.241. The lowest BCUT2D eigenvalue weighted by atomic mass is 10.2. The lowest BCUT2D eigenvalue weighted by Gasteiger charge is -2.12. The molecular formula is C26H25N5O3S. The molecule has 0 bridgehead atoms. The second-order valence-corrected chi connectivity index (χ2v) is 8.49. The van der Waals surface area contributed by atoms with E-state index in [2.05, 4.69) is 20.7 Å². The first-order chi connectivity index (χ1) is 17.1. The van der Waals surface area contributed by atoms with Gasteiger partial charge < -0.3 is 9.47 Å². The highest BCUT2D eigenvalue weighted by molar-refractivity contribution is 7.99. The number of para-hydroxylation sites is 1. The van der Waals surface area contributed by atoms with Crippen LogP contribution in [0.3, 0.4) is 0 Å². The monoisotopic (exact) mass is 487 g/mol. The second kappa shape index (κ2) is 11.3. The maximum atomic E-state index is 12.4. The van der Waals surface area contributed by atoms with Crippen LogP contribution in [0.5, 0.6) is 11.5 Å². The van der Waals surface area contributed by atoms with Crippen molar-refractivity contribution in [1.29, 1.82) is 0 Å².